The zero-order valence-electron chi connectivity index (χ0n) is 18.3. The molecule has 3 saturated carbocycles. The summed E-state index contributed by atoms with van der Waals surface area (Å²) in [7, 11) is 0. The monoisotopic (exact) mass is 504 g/mol. The van der Waals surface area contributed by atoms with Crippen LogP contribution in [0.5, 0.6) is 5.75 Å². The van der Waals surface area contributed by atoms with E-state index in [0.29, 0.717) is 39.8 Å². The van der Waals surface area contributed by atoms with E-state index in [0.717, 1.165) is 31.5 Å². The highest BCUT2D eigenvalue weighted by Gasteiger charge is 2.70. The standard InChI is InChI=1S/C25H20ClF3N2O4/c26-14-2-3-19-15(5-14)17(32)7-20(34-19)18(33)8-23-10-24(11-23,12-23)22-6-16(31-35-22)13-1-4-21(30-9-13)25(27,28)29/h1-6,9,17,20,32H,7-8,10-12H2/t17-,20-,23?,24?/m1/s1. The molecule has 10 heteroatoms. The van der Waals surface area contributed by atoms with Gasteiger partial charge < -0.3 is 14.4 Å². The van der Waals surface area contributed by atoms with Crippen molar-refractivity contribution in [2.75, 3.05) is 0 Å². The molecule has 7 rings (SSSR count). The molecular weight excluding hydrogens is 485 g/mol. The Labute approximate surface area is 203 Å². The number of pyridine rings is 1. The fraction of sp³-hybridized carbons (Fsp3) is 0.400. The molecule has 1 N–H and O–H groups in total. The van der Waals surface area contributed by atoms with Crippen molar-refractivity contribution in [1.82, 2.24) is 10.1 Å². The summed E-state index contributed by atoms with van der Waals surface area (Å²) >= 11 is 5.99. The van der Waals surface area contributed by atoms with Gasteiger partial charge in [0.15, 0.2) is 11.9 Å². The molecule has 0 unspecified atom stereocenters. The van der Waals surface area contributed by atoms with Crippen molar-refractivity contribution in [3.05, 3.63) is 64.6 Å². The van der Waals surface area contributed by atoms with Gasteiger partial charge in [0.25, 0.3) is 0 Å². The lowest BCUT2D eigenvalue weighted by atomic mass is 9.33. The molecule has 6 nitrogen and oxygen atoms in total. The van der Waals surface area contributed by atoms with E-state index < -0.39 is 24.1 Å². The fourth-order valence-electron chi connectivity index (χ4n) is 5.92. The molecule has 1 aliphatic heterocycles. The van der Waals surface area contributed by atoms with E-state index in [1.165, 1.54) is 6.07 Å². The van der Waals surface area contributed by atoms with Gasteiger partial charge in [-0.3, -0.25) is 9.78 Å². The number of rotatable bonds is 5. The van der Waals surface area contributed by atoms with E-state index in [2.05, 4.69) is 10.1 Å². The Balaban J connectivity index is 1.09. The highest BCUT2D eigenvalue weighted by atomic mass is 35.5. The zero-order chi connectivity index (χ0) is 24.6. The molecule has 3 aromatic rings. The first-order valence-corrected chi connectivity index (χ1v) is 11.6. The Hall–Kier alpha value is -2.91. The van der Waals surface area contributed by atoms with Crippen molar-refractivity contribution in [2.45, 2.75) is 55.9 Å². The van der Waals surface area contributed by atoms with E-state index in [4.69, 9.17) is 20.9 Å². The summed E-state index contributed by atoms with van der Waals surface area (Å²) < 4.78 is 49.6. The van der Waals surface area contributed by atoms with Crippen LogP contribution in [0.15, 0.2) is 47.1 Å². The van der Waals surface area contributed by atoms with Crippen LogP contribution in [0.1, 0.15) is 55.2 Å². The van der Waals surface area contributed by atoms with E-state index >= 15 is 0 Å². The van der Waals surface area contributed by atoms with Crippen LogP contribution in [-0.2, 0) is 16.4 Å². The van der Waals surface area contributed by atoms with E-state index in [-0.39, 0.29) is 23.0 Å². The molecular formula is C25H20ClF3N2O4. The van der Waals surface area contributed by atoms with Crippen molar-refractivity contribution in [2.24, 2.45) is 5.41 Å². The largest absolute Gasteiger partial charge is 0.482 e. The second-order valence-corrected chi connectivity index (χ2v) is 10.4. The normalized spacial score (nSPS) is 28.9. The Morgan fingerprint density at radius 1 is 1.17 bits per heavy atom. The molecule has 0 radical (unpaired) electrons. The van der Waals surface area contributed by atoms with Crippen LogP contribution in [0.3, 0.4) is 0 Å². The van der Waals surface area contributed by atoms with Crippen LogP contribution < -0.4 is 4.74 Å². The average Bonchev–Trinajstić information content (AvgIpc) is 3.25. The lowest BCUT2D eigenvalue weighted by molar-refractivity contribution is -0.170. The molecule has 0 amide bonds. The van der Waals surface area contributed by atoms with Gasteiger partial charge in [-0.1, -0.05) is 16.8 Å². The van der Waals surface area contributed by atoms with Crippen molar-refractivity contribution in [1.29, 1.82) is 0 Å². The molecule has 2 bridgehead atoms. The van der Waals surface area contributed by atoms with Crippen molar-refractivity contribution in [3.63, 3.8) is 0 Å². The molecule has 2 aromatic heterocycles. The lowest BCUT2D eigenvalue weighted by Gasteiger charge is -2.69. The Bertz CT molecular complexity index is 1300. The summed E-state index contributed by atoms with van der Waals surface area (Å²) in [4.78, 5) is 16.5. The Kier molecular flexibility index (Phi) is 4.86. The molecule has 3 heterocycles. The topological polar surface area (TPSA) is 85.5 Å². The summed E-state index contributed by atoms with van der Waals surface area (Å²) in [6, 6.07) is 8.98. The van der Waals surface area contributed by atoms with Crippen LogP contribution in [-0.4, -0.2) is 27.1 Å². The number of benzene rings is 1. The lowest BCUT2D eigenvalue weighted by Crippen LogP contribution is -2.65. The number of fused-ring (bicyclic) bond motifs is 1. The molecule has 0 spiro atoms. The number of alkyl halides is 3. The molecule has 0 saturated heterocycles. The first-order valence-electron chi connectivity index (χ1n) is 11.2. The number of Topliss-reactive ketones (excluding diaryl/α,β-unsaturated/α-hetero) is 1. The minimum atomic E-state index is -4.50. The van der Waals surface area contributed by atoms with Gasteiger partial charge in [0.2, 0.25) is 0 Å². The van der Waals surface area contributed by atoms with Crippen molar-refractivity contribution in [3.8, 4) is 17.0 Å². The molecule has 4 aliphatic rings. The number of carbonyl (C=O) groups excluding carboxylic acids is 1. The number of halogens is 4. The second kappa shape index (κ2) is 7.54. The maximum atomic E-state index is 13.0. The van der Waals surface area contributed by atoms with Gasteiger partial charge in [-0.25, -0.2) is 0 Å². The number of hydrogen-bond acceptors (Lipinski definition) is 6. The quantitative estimate of drug-likeness (QED) is 0.481. The number of nitrogens with zero attached hydrogens (tertiary/aromatic N) is 2. The number of hydrogen-bond donors (Lipinski definition) is 1. The minimum absolute atomic E-state index is 0.0352. The summed E-state index contributed by atoms with van der Waals surface area (Å²) in [5.74, 6) is 1.12. The minimum Gasteiger partial charge on any atom is -0.482 e. The van der Waals surface area contributed by atoms with Gasteiger partial charge in [0.1, 0.15) is 22.9 Å². The van der Waals surface area contributed by atoms with Gasteiger partial charge >= 0.3 is 6.18 Å². The van der Waals surface area contributed by atoms with Gasteiger partial charge in [-0.2, -0.15) is 13.2 Å². The molecule has 182 valence electrons. The summed E-state index contributed by atoms with van der Waals surface area (Å²) in [6.07, 6.45) is -2.00. The van der Waals surface area contributed by atoms with E-state index in [9.17, 15) is 23.1 Å². The maximum Gasteiger partial charge on any atom is 0.433 e. The molecule has 3 fully saturated rings. The maximum absolute atomic E-state index is 13.0. The van der Waals surface area contributed by atoms with E-state index in [1.807, 2.05) is 0 Å². The molecule has 35 heavy (non-hydrogen) atoms. The van der Waals surface area contributed by atoms with Gasteiger partial charge in [0.05, 0.1) is 6.10 Å². The van der Waals surface area contributed by atoms with Crippen LogP contribution >= 0.6 is 11.6 Å². The van der Waals surface area contributed by atoms with E-state index in [1.54, 1.807) is 24.3 Å². The Morgan fingerprint density at radius 2 is 1.94 bits per heavy atom. The van der Waals surface area contributed by atoms with Crippen LogP contribution in [0.25, 0.3) is 11.3 Å². The third-order valence-electron chi connectivity index (χ3n) is 7.47. The molecule has 1 aromatic carbocycles. The SMILES string of the molecule is O=C(CC12CC(c3cc(-c4ccc(C(F)(F)F)nc4)no3)(C1)C2)[C@H]1C[C@@H](O)c2cc(Cl)ccc2O1. The average molecular weight is 505 g/mol. The fourth-order valence-corrected chi connectivity index (χ4v) is 6.10. The molecule has 2 atom stereocenters. The summed E-state index contributed by atoms with van der Waals surface area (Å²) in [5.41, 5.74) is 0.196. The number of ether oxygens (including phenoxy) is 1. The van der Waals surface area contributed by atoms with Gasteiger partial charge in [-0.15, -0.1) is 0 Å². The number of ketones is 1. The third kappa shape index (κ3) is 3.72. The number of aliphatic hydroxyl groups excluding tert-OH is 1. The first kappa shape index (κ1) is 22.5. The number of aliphatic hydroxyl groups is 1. The highest BCUT2D eigenvalue weighted by Crippen LogP contribution is 2.75. The third-order valence-corrected chi connectivity index (χ3v) is 7.70. The van der Waals surface area contributed by atoms with Crippen molar-refractivity contribution < 1.29 is 32.3 Å². The van der Waals surface area contributed by atoms with Crippen LogP contribution in [0.2, 0.25) is 5.02 Å². The van der Waals surface area contributed by atoms with Gasteiger partial charge in [-0.05, 0) is 55.0 Å². The van der Waals surface area contributed by atoms with Crippen LogP contribution in [0.4, 0.5) is 13.2 Å². The predicted molar refractivity (Wildman–Crippen MR) is 118 cm³/mol. The molecule has 3 aliphatic carbocycles. The van der Waals surface area contributed by atoms with Crippen LogP contribution in [0, 0.1) is 5.41 Å². The Morgan fingerprint density at radius 3 is 2.63 bits per heavy atom. The predicted octanol–water partition coefficient (Wildman–Crippen LogP) is 5.67. The van der Waals surface area contributed by atoms with Crippen molar-refractivity contribution >= 4 is 17.4 Å². The number of carbonyl (C=O) groups is 1. The highest BCUT2D eigenvalue weighted by molar-refractivity contribution is 6.30. The summed E-state index contributed by atoms with van der Waals surface area (Å²) in [6.45, 7) is 0. The summed E-state index contributed by atoms with van der Waals surface area (Å²) in [5, 5.41) is 15.0. The first-order chi connectivity index (χ1) is 16.6. The second-order valence-electron chi connectivity index (χ2n) is 10.0. The number of aromatic nitrogens is 2. The van der Waals surface area contributed by atoms with Gasteiger partial charge in [0, 0.05) is 46.7 Å². The zero-order valence-corrected chi connectivity index (χ0v) is 19.1. The smallest absolute Gasteiger partial charge is 0.433 e.